The Morgan fingerprint density at radius 3 is 2.70 bits per heavy atom. The molecule has 0 aliphatic rings. The van der Waals surface area contributed by atoms with Crippen molar-refractivity contribution in [1.29, 1.82) is 0 Å². The molecule has 0 saturated carbocycles. The lowest BCUT2D eigenvalue weighted by Crippen LogP contribution is -2.33. The second kappa shape index (κ2) is 8.43. The van der Waals surface area contributed by atoms with Gasteiger partial charge in [-0.3, -0.25) is 9.59 Å². The zero-order valence-electron chi connectivity index (χ0n) is 11.9. The van der Waals surface area contributed by atoms with Crippen molar-refractivity contribution >= 4 is 11.7 Å². The number of carbonyl (C=O) groups is 2. The number of nitrogens with one attached hydrogen (secondary N) is 2. The Balaban J connectivity index is 2.43. The van der Waals surface area contributed by atoms with Gasteiger partial charge in [-0.15, -0.1) is 0 Å². The highest BCUT2D eigenvalue weighted by atomic mass is 19.1. The minimum absolute atomic E-state index is 0.113. The Kier molecular flexibility index (Phi) is 6.87. The summed E-state index contributed by atoms with van der Waals surface area (Å²) in [6, 6.07) is 5.54. The molecule has 0 spiro atoms. The van der Waals surface area contributed by atoms with Gasteiger partial charge in [0.1, 0.15) is 5.82 Å². The lowest BCUT2D eigenvalue weighted by atomic mass is 9.96. The average Bonchev–Trinajstić information content (AvgIpc) is 2.42. The molecule has 0 saturated heterocycles. The first kappa shape index (κ1) is 16.3. The molecule has 1 aromatic carbocycles. The molecule has 110 valence electrons. The highest BCUT2D eigenvalue weighted by Gasteiger charge is 2.18. The van der Waals surface area contributed by atoms with Crippen LogP contribution >= 0.6 is 0 Å². The molecule has 0 aliphatic heterocycles. The van der Waals surface area contributed by atoms with E-state index in [4.69, 9.17) is 0 Å². The van der Waals surface area contributed by atoms with E-state index in [0.29, 0.717) is 18.7 Å². The molecule has 0 radical (unpaired) electrons. The highest BCUT2D eigenvalue weighted by molar-refractivity contribution is 5.99. The van der Waals surface area contributed by atoms with Crippen LogP contribution in [-0.2, 0) is 4.79 Å². The molecule has 0 bridgehead atoms. The van der Waals surface area contributed by atoms with E-state index in [2.05, 4.69) is 10.6 Å². The quantitative estimate of drug-likeness (QED) is 0.563. The van der Waals surface area contributed by atoms with Crippen LogP contribution in [0.25, 0.3) is 0 Å². The van der Waals surface area contributed by atoms with Gasteiger partial charge in [-0.25, -0.2) is 4.39 Å². The number of likely N-dealkylation sites (N-methyl/N-ethyl adjacent to an activating group) is 1. The van der Waals surface area contributed by atoms with Crippen LogP contribution in [0.3, 0.4) is 0 Å². The normalized spacial score (nSPS) is 11.9. The van der Waals surface area contributed by atoms with Crippen LogP contribution in [0.4, 0.5) is 4.39 Å². The predicted molar refractivity (Wildman–Crippen MR) is 76.1 cm³/mol. The van der Waals surface area contributed by atoms with E-state index in [-0.39, 0.29) is 18.1 Å². The van der Waals surface area contributed by atoms with Crippen LogP contribution in [-0.4, -0.2) is 31.3 Å². The summed E-state index contributed by atoms with van der Waals surface area (Å²) in [5.41, 5.74) is 0.304. The molecule has 5 heteroatoms. The zero-order valence-corrected chi connectivity index (χ0v) is 11.9. The fraction of sp³-hybridized carbons (Fsp3) is 0.467. The van der Waals surface area contributed by atoms with Crippen molar-refractivity contribution < 1.29 is 14.0 Å². The first-order valence-electron chi connectivity index (χ1n) is 6.81. The monoisotopic (exact) mass is 280 g/mol. The van der Waals surface area contributed by atoms with Gasteiger partial charge >= 0.3 is 0 Å². The summed E-state index contributed by atoms with van der Waals surface area (Å²) in [6.07, 6.45) is 0.113. The van der Waals surface area contributed by atoms with Gasteiger partial charge in [-0.05, 0) is 18.7 Å². The Morgan fingerprint density at radius 1 is 1.30 bits per heavy atom. The topological polar surface area (TPSA) is 58.2 Å². The van der Waals surface area contributed by atoms with Gasteiger partial charge in [-0.2, -0.15) is 0 Å². The molecule has 1 unspecified atom stereocenters. The van der Waals surface area contributed by atoms with E-state index in [0.717, 1.165) is 6.54 Å². The molecule has 0 heterocycles. The fourth-order valence-corrected chi connectivity index (χ4v) is 1.84. The third-order valence-corrected chi connectivity index (χ3v) is 2.92. The molecule has 1 aromatic rings. The van der Waals surface area contributed by atoms with E-state index in [9.17, 15) is 14.0 Å². The number of hydrogen-bond acceptors (Lipinski definition) is 3. The average molecular weight is 280 g/mol. The minimum Gasteiger partial charge on any atom is -0.355 e. The van der Waals surface area contributed by atoms with Crippen molar-refractivity contribution in [2.45, 2.75) is 20.3 Å². The van der Waals surface area contributed by atoms with Crippen LogP contribution in [0.2, 0.25) is 0 Å². The maximum atomic E-state index is 13.1. The maximum Gasteiger partial charge on any atom is 0.220 e. The molecule has 0 fully saturated rings. The first-order chi connectivity index (χ1) is 9.54. The van der Waals surface area contributed by atoms with Gasteiger partial charge < -0.3 is 10.6 Å². The van der Waals surface area contributed by atoms with Crippen molar-refractivity contribution in [1.82, 2.24) is 10.6 Å². The zero-order chi connectivity index (χ0) is 15.0. The third-order valence-electron chi connectivity index (χ3n) is 2.92. The van der Waals surface area contributed by atoms with E-state index in [1.165, 1.54) is 18.2 Å². The van der Waals surface area contributed by atoms with Gasteiger partial charge in [0.05, 0.1) is 0 Å². The highest BCUT2D eigenvalue weighted by Crippen LogP contribution is 2.13. The predicted octanol–water partition coefficient (Wildman–Crippen LogP) is 1.76. The third kappa shape index (κ3) is 5.48. The van der Waals surface area contributed by atoms with Gasteiger partial charge in [-0.1, -0.05) is 26.0 Å². The summed E-state index contributed by atoms with van der Waals surface area (Å²) >= 11 is 0. The molecule has 1 amide bonds. The van der Waals surface area contributed by atoms with Crippen molar-refractivity contribution in [2.24, 2.45) is 5.92 Å². The molecule has 1 rings (SSSR count). The Morgan fingerprint density at radius 2 is 2.05 bits per heavy atom. The Bertz CT molecular complexity index is 463. The van der Waals surface area contributed by atoms with Gasteiger partial charge in [0.25, 0.3) is 0 Å². The lowest BCUT2D eigenvalue weighted by Gasteiger charge is -2.11. The van der Waals surface area contributed by atoms with Crippen molar-refractivity contribution in [2.75, 3.05) is 19.6 Å². The number of carbonyl (C=O) groups excluding carboxylic acids is 2. The molecule has 1 atom stereocenters. The van der Waals surface area contributed by atoms with Gasteiger partial charge in [0, 0.05) is 31.0 Å². The maximum absolute atomic E-state index is 13.1. The van der Waals surface area contributed by atoms with Crippen molar-refractivity contribution in [3.05, 3.63) is 35.6 Å². The Hall–Kier alpha value is -1.75. The summed E-state index contributed by atoms with van der Waals surface area (Å²) in [5.74, 6) is -1.29. The summed E-state index contributed by atoms with van der Waals surface area (Å²) < 4.78 is 13.1. The number of halogens is 1. The number of Topliss-reactive ketones (excluding diaryl/α,β-unsaturated/α-hetero) is 1. The number of rotatable bonds is 8. The van der Waals surface area contributed by atoms with Crippen LogP contribution in [0.15, 0.2) is 24.3 Å². The van der Waals surface area contributed by atoms with Crippen molar-refractivity contribution in [3.63, 3.8) is 0 Å². The van der Waals surface area contributed by atoms with Crippen LogP contribution in [0, 0.1) is 11.7 Å². The summed E-state index contributed by atoms with van der Waals surface area (Å²) in [4.78, 5) is 23.7. The van der Waals surface area contributed by atoms with Crippen LogP contribution in [0.5, 0.6) is 0 Å². The number of benzene rings is 1. The standard InChI is InChI=1S/C15H21FN2O2/c1-3-17-7-8-18-14(19)9-11(2)15(20)12-5-4-6-13(16)10-12/h4-6,10-11,17H,3,7-9H2,1-2H3,(H,18,19). The van der Waals surface area contributed by atoms with Gasteiger partial charge in [0.2, 0.25) is 5.91 Å². The number of ketones is 1. The SMILES string of the molecule is CCNCCNC(=O)CC(C)C(=O)c1cccc(F)c1. The minimum atomic E-state index is -0.462. The summed E-state index contributed by atoms with van der Waals surface area (Å²) in [7, 11) is 0. The Labute approximate surface area is 118 Å². The van der Waals surface area contributed by atoms with E-state index in [1.807, 2.05) is 6.92 Å². The molecular weight excluding hydrogens is 259 g/mol. The number of hydrogen-bond donors (Lipinski definition) is 2. The molecule has 0 aliphatic carbocycles. The molecule has 0 aromatic heterocycles. The van der Waals surface area contributed by atoms with E-state index >= 15 is 0 Å². The van der Waals surface area contributed by atoms with E-state index < -0.39 is 11.7 Å². The van der Waals surface area contributed by atoms with Gasteiger partial charge in [0.15, 0.2) is 5.78 Å². The largest absolute Gasteiger partial charge is 0.355 e. The second-order valence-corrected chi connectivity index (χ2v) is 4.68. The number of amides is 1. The van der Waals surface area contributed by atoms with E-state index in [1.54, 1.807) is 13.0 Å². The smallest absolute Gasteiger partial charge is 0.220 e. The van der Waals surface area contributed by atoms with Crippen LogP contribution < -0.4 is 10.6 Å². The van der Waals surface area contributed by atoms with Crippen LogP contribution in [0.1, 0.15) is 30.6 Å². The second-order valence-electron chi connectivity index (χ2n) is 4.68. The summed E-state index contributed by atoms with van der Waals surface area (Å²) in [5, 5.41) is 5.83. The molecule has 4 nitrogen and oxygen atoms in total. The molecular formula is C15H21FN2O2. The van der Waals surface area contributed by atoms with Crippen molar-refractivity contribution in [3.8, 4) is 0 Å². The lowest BCUT2D eigenvalue weighted by molar-refractivity contribution is -0.121. The molecule has 20 heavy (non-hydrogen) atoms. The summed E-state index contributed by atoms with van der Waals surface area (Å²) in [6.45, 7) is 5.75. The molecule has 2 N–H and O–H groups in total. The first-order valence-corrected chi connectivity index (χ1v) is 6.81. The fourth-order valence-electron chi connectivity index (χ4n) is 1.84.